The van der Waals surface area contributed by atoms with Gasteiger partial charge in [-0.15, -0.1) is 0 Å². The summed E-state index contributed by atoms with van der Waals surface area (Å²) in [6.07, 6.45) is 1.66. The number of aliphatic hydroxyl groups excluding tert-OH is 1. The molecule has 1 atom stereocenters. The van der Waals surface area contributed by atoms with E-state index >= 15 is 0 Å². The summed E-state index contributed by atoms with van der Waals surface area (Å²) < 4.78 is 10.5. The average molecular weight is 392 g/mol. The summed E-state index contributed by atoms with van der Waals surface area (Å²) in [6, 6.07) is 13.2. The number of methoxy groups -OCH3 is 2. The minimum atomic E-state index is -0.0423. The Morgan fingerprint density at radius 2 is 1.74 bits per heavy atom. The van der Waals surface area contributed by atoms with Crippen LogP contribution in [0.1, 0.15) is 17.5 Å². The van der Waals surface area contributed by atoms with Crippen molar-refractivity contribution in [3.63, 3.8) is 0 Å². The second-order valence-electron chi connectivity index (χ2n) is 6.37. The van der Waals surface area contributed by atoms with Gasteiger partial charge in [0.05, 0.1) is 14.2 Å². The number of hydrogen-bond donors (Lipinski definition) is 2. The second-order valence-corrected chi connectivity index (χ2v) is 6.81. The van der Waals surface area contributed by atoms with E-state index in [9.17, 15) is 9.90 Å². The maximum absolute atomic E-state index is 12.1. The Hall–Kier alpha value is -2.24. The van der Waals surface area contributed by atoms with Crippen LogP contribution in [0.2, 0.25) is 5.02 Å². The number of amides is 1. The molecule has 0 aliphatic carbocycles. The molecule has 5 nitrogen and oxygen atoms in total. The maximum atomic E-state index is 12.1. The van der Waals surface area contributed by atoms with E-state index in [1.165, 1.54) is 0 Å². The largest absolute Gasteiger partial charge is 0.493 e. The minimum Gasteiger partial charge on any atom is -0.493 e. The van der Waals surface area contributed by atoms with Gasteiger partial charge in [-0.3, -0.25) is 4.79 Å². The molecule has 0 fully saturated rings. The Bertz CT molecular complexity index is 733. The number of nitrogens with one attached hydrogen (secondary N) is 1. The number of aliphatic hydroxyl groups is 1. The first-order valence-electron chi connectivity index (χ1n) is 8.88. The highest BCUT2D eigenvalue weighted by atomic mass is 35.5. The topological polar surface area (TPSA) is 67.8 Å². The van der Waals surface area contributed by atoms with Gasteiger partial charge in [-0.1, -0.05) is 29.8 Å². The van der Waals surface area contributed by atoms with Crippen molar-refractivity contribution in [1.82, 2.24) is 5.32 Å². The molecule has 6 heteroatoms. The van der Waals surface area contributed by atoms with Gasteiger partial charge in [-0.05, 0) is 48.2 Å². The first-order chi connectivity index (χ1) is 13.0. The quantitative estimate of drug-likeness (QED) is 0.652. The van der Waals surface area contributed by atoms with Gasteiger partial charge < -0.3 is 19.9 Å². The summed E-state index contributed by atoms with van der Waals surface area (Å²) in [5, 5.41) is 13.2. The standard InChI is InChI=1S/C21H26ClNO4/c1-26-19-9-5-16(12-20(19)27-2)6-10-21(25)23-13-17(14-24)11-15-3-7-18(22)8-4-15/h3-5,7-9,12,17,24H,6,10-11,13-14H2,1-2H3,(H,23,25). The molecule has 1 unspecified atom stereocenters. The highest BCUT2D eigenvalue weighted by molar-refractivity contribution is 6.30. The molecule has 1 amide bonds. The van der Waals surface area contributed by atoms with Crippen LogP contribution in [-0.2, 0) is 17.6 Å². The van der Waals surface area contributed by atoms with Gasteiger partial charge in [-0.25, -0.2) is 0 Å². The monoisotopic (exact) mass is 391 g/mol. The molecule has 0 bridgehead atoms. The molecule has 0 heterocycles. The van der Waals surface area contributed by atoms with Crippen molar-refractivity contribution in [1.29, 1.82) is 0 Å². The van der Waals surface area contributed by atoms with Crippen LogP contribution in [0.5, 0.6) is 11.5 Å². The van der Waals surface area contributed by atoms with Crippen molar-refractivity contribution in [2.45, 2.75) is 19.3 Å². The normalized spacial score (nSPS) is 11.7. The van der Waals surface area contributed by atoms with Gasteiger partial charge in [0.25, 0.3) is 0 Å². The van der Waals surface area contributed by atoms with E-state index in [2.05, 4.69) is 5.32 Å². The molecule has 0 aromatic heterocycles. The van der Waals surface area contributed by atoms with E-state index in [0.29, 0.717) is 42.3 Å². The molecular formula is C21H26ClNO4. The van der Waals surface area contributed by atoms with Crippen LogP contribution in [0.15, 0.2) is 42.5 Å². The van der Waals surface area contributed by atoms with E-state index in [1.54, 1.807) is 14.2 Å². The summed E-state index contributed by atoms with van der Waals surface area (Å²) in [7, 11) is 3.18. The van der Waals surface area contributed by atoms with Crippen LogP contribution < -0.4 is 14.8 Å². The molecule has 0 aliphatic rings. The Balaban J connectivity index is 1.80. The van der Waals surface area contributed by atoms with Gasteiger partial charge in [0.2, 0.25) is 5.91 Å². The summed E-state index contributed by atoms with van der Waals surface area (Å²) in [6.45, 7) is 0.447. The van der Waals surface area contributed by atoms with Crippen molar-refractivity contribution in [3.05, 3.63) is 58.6 Å². The zero-order valence-electron chi connectivity index (χ0n) is 15.7. The lowest BCUT2D eigenvalue weighted by molar-refractivity contribution is -0.121. The lowest BCUT2D eigenvalue weighted by Gasteiger charge is -2.15. The third-order valence-corrected chi connectivity index (χ3v) is 4.62. The van der Waals surface area contributed by atoms with Crippen LogP contribution >= 0.6 is 11.6 Å². The van der Waals surface area contributed by atoms with E-state index in [-0.39, 0.29) is 18.4 Å². The number of benzene rings is 2. The molecule has 0 spiro atoms. The number of rotatable bonds is 10. The van der Waals surface area contributed by atoms with E-state index in [0.717, 1.165) is 11.1 Å². The Kier molecular flexibility index (Phi) is 8.43. The molecular weight excluding hydrogens is 366 g/mol. The lowest BCUT2D eigenvalue weighted by atomic mass is 10.00. The second kappa shape index (κ2) is 10.8. The molecule has 146 valence electrons. The van der Waals surface area contributed by atoms with Crippen LogP contribution in [0.3, 0.4) is 0 Å². The predicted octanol–water partition coefficient (Wildman–Crippen LogP) is 3.26. The van der Waals surface area contributed by atoms with E-state index in [1.807, 2.05) is 42.5 Å². The first-order valence-corrected chi connectivity index (χ1v) is 9.26. The van der Waals surface area contributed by atoms with Crippen LogP contribution in [-0.4, -0.2) is 38.4 Å². The Labute approximate surface area is 165 Å². The third-order valence-electron chi connectivity index (χ3n) is 4.37. The van der Waals surface area contributed by atoms with Crippen molar-refractivity contribution < 1.29 is 19.4 Å². The number of ether oxygens (including phenoxy) is 2. The molecule has 2 N–H and O–H groups in total. The molecule has 2 aromatic rings. The predicted molar refractivity (Wildman–Crippen MR) is 107 cm³/mol. The molecule has 0 saturated carbocycles. The molecule has 2 aromatic carbocycles. The fraction of sp³-hybridized carbons (Fsp3) is 0.381. The summed E-state index contributed by atoms with van der Waals surface area (Å²) in [5.41, 5.74) is 2.08. The van der Waals surface area contributed by atoms with Crippen LogP contribution in [0.4, 0.5) is 0 Å². The summed E-state index contributed by atoms with van der Waals surface area (Å²) in [4.78, 5) is 12.1. The van der Waals surface area contributed by atoms with Gasteiger partial charge in [-0.2, -0.15) is 0 Å². The number of carbonyl (C=O) groups excluding carboxylic acids is 1. The third kappa shape index (κ3) is 6.77. The van der Waals surface area contributed by atoms with Crippen molar-refractivity contribution >= 4 is 17.5 Å². The van der Waals surface area contributed by atoms with Gasteiger partial charge >= 0.3 is 0 Å². The van der Waals surface area contributed by atoms with Gasteiger partial charge in [0.1, 0.15) is 0 Å². The molecule has 27 heavy (non-hydrogen) atoms. The highest BCUT2D eigenvalue weighted by Gasteiger charge is 2.12. The van der Waals surface area contributed by atoms with Crippen molar-refractivity contribution in [2.24, 2.45) is 5.92 Å². The van der Waals surface area contributed by atoms with Gasteiger partial charge in [0, 0.05) is 30.5 Å². The lowest BCUT2D eigenvalue weighted by Crippen LogP contribution is -2.32. The number of carbonyl (C=O) groups is 1. The van der Waals surface area contributed by atoms with Crippen molar-refractivity contribution in [2.75, 3.05) is 27.4 Å². The van der Waals surface area contributed by atoms with E-state index < -0.39 is 0 Å². The fourth-order valence-corrected chi connectivity index (χ4v) is 2.92. The molecule has 0 saturated heterocycles. The SMILES string of the molecule is COc1ccc(CCC(=O)NCC(CO)Cc2ccc(Cl)cc2)cc1OC. The fourth-order valence-electron chi connectivity index (χ4n) is 2.80. The highest BCUT2D eigenvalue weighted by Crippen LogP contribution is 2.27. The Morgan fingerprint density at radius 1 is 1.07 bits per heavy atom. The summed E-state index contributed by atoms with van der Waals surface area (Å²) in [5.74, 6) is 1.24. The van der Waals surface area contributed by atoms with Gasteiger partial charge in [0.15, 0.2) is 11.5 Å². The summed E-state index contributed by atoms with van der Waals surface area (Å²) >= 11 is 5.88. The average Bonchev–Trinajstić information content (AvgIpc) is 2.70. The van der Waals surface area contributed by atoms with Crippen molar-refractivity contribution in [3.8, 4) is 11.5 Å². The Morgan fingerprint density at radius 3 is 2.37 bits per heavy atom. The zero-order valence-corrected chi connectivity index (χ0v) is 16.5. The smallest absolute Gasteiger partial charge is 0.220 e. The maximum Gasteiger partial charge on any atom is 0.220 e. The molecule has 2 rings (SSSR count). The minimum absolute atomic E-state index is 0.0125. The number of hydrogen-bond acceptors (Lipinski definition) is 4. The zero-order chi connectivity index (χ0) is 19.6. The molecule has 0 radical (unpaired) electrons. The molecule has 0 aliphatic heterocycles. The number of aryl methyl sites for hydroxylation is 1. The van der Waals surface area contributed by atoms with Crippen LogP contribution in [0, 0.1) is 5.92 Å². The van der Waals surface area contributed by atoms with E-state index in [4.69, 9.17) is 21.1 Å². The van der Waals surface area contributed by atoms with Crippen LogP contribution in [0.25, 0.3) is 0 Å². The number of halogens is 1. The first kappa shape index (κ1) is 21.1.